The van der Waals surface area contributed by atoms with Gasteiger partial charge in [0.05, 0.1) is 10.9 Å². The molecule has 1 heterocycles. The first kappa shape index (κ1) is 18.6. The summed E-state index contributed by atoms with van der Waals surface area (Å²) >= 11 is 0. The Balaban J connectivity index is 1.91. The highest BCUT2D eigenvalue weighted by molar-refractivity contribution is 5.92. The van der Waals surface area contributed by atoms with Crippen molar-refractivity contribution in [2.45, 2.75) is 27.2 Å². The lowest BCUT2D eigenvalue weighted by Crippen LogP contribution is -2.38. The molecule has 0 radical (unpaired) electrons. The first-order valence-corrected chi connectivity index (χ1v) is 8.23. The molecule has 2 N–H and O–H groups in total. The van der Waals surface area contributed by atoms with Crippen LogP contribution in [0.25, 0.3) is 10.9 Å². The largest absolute Gasteiger partial charge is 0.349 e. The van der Waals surface area contributed by atoms with Crippen LogP contribution in [0, 0.1) is 5.41 Å². The smallest absolute Gasteiger partial charge is 0.287 e. The molecule has 0 aliphatic heterocycles. The molecule has 0 aliphatic carbocycles. The van der Waals surface area contributed by atoms with Crippen molar-refractivity contribution >= 4 is 22.7 Å². The van der Waals surface area contributed by atoms with Crippen LogP contribution < -0.4 is 10.9 Å². The zero-order valence-electron chi connectivity index (χ0n) is 15.0. The summed E-state index contributed by atoms with van der Waals surface area (Å²) in [4.78, 5) is 44.5. The van der Waals surface area contributed by atoms with E-state index < -0.39 is 11.3 Å². The van der Waals surface area contributed by atoms with Gasteiger partial charge in [-0.15, -0.1) is 0 Å². The number of carbonyl (C=O) groups is 2. The highest BCUT2D eigenvalue weighted by Gasteiger charge is 2.24. The molecule has 7 heteroatoms. The van der Waals surface area contributed by atoms with E-state index in [1.165, 1.54) is 0 Å². The number of H-pyrrole nitrogens is 1. The molecule has 25 heavy (non-hydrogen) atoms. The Morgan fingerprint density at radius 2 is 1.92 bits per heavy atom. The summed E-state index contributed by atoms with van der Waals surface area (Å²) in [7, 11) is 1.75. The van der Waals surface area contributed by atoms with Crippen LogP contribution >= 0.6 is 0 Å². The van der Waals surface area contributed by atoms with Crippen LogP contribution in [0.1, 0.15) is 37.8 Å². The Bertz CT molecular complexity index is 836. The number of aromatic amines is 1. The number of carbonyl (C=O) groups excluding carboxylic acids is 2. The van der Waals surface area contributed by atoms with Crippen LogP contribution in [0.15, 0.2) is 29.1 Å². The molecule has 0 fully saturated rings. The second-order valence-electron chi connectivity index (χ2n) is 7.02. The first-order valence-electron chi connectivity index (χ1n) is 8.23. The summed E-state index contributed by atoms with van der Waals surface area (Å²) in [6.45, 7) is 6.54. The molecule has 2 aromatic rings. The summed E-state index contributed by atoms with van der Waals surface area (Å²) in [6, 6.07) is 6.85. The van der Waals surface area contributed by atoms with E-state index in [-0.39, 0.29) is 17.3 Å². The molecule has 0 saturated carbocycles. The maximum Gasteiger partial charge on any atom is 0.287 e. The van der Waals surface area contributed by atoms with E-state index in [2.05, 4.69) is 15.3 Å². The molecule has 1 aromatic heterocycles. The predicted molar refractivity (Wildman–Crippen MR) is 96.4 cm³/mol. The summed E-state index contributed by atoms with van der Waals surface area (Å²) in [5, 5.41) is 3.16. The molecule has 0 saturated heterocycles. The number of fused-ring (bicyclic) bond motifs is 1. The standard InChI is InChI=1S/C18H24N4O3/c1-18(2,3)17(25)22(4)11-7-10-19-16(24)14-20-13-9-6-5-8-12(13)15(23)21-14/h5-6,8-9H,7,10-11H2,1-4H3,(H,19,24)(H,20,21,23). The SMILES string of the molecule is CN(CCCNC(=O)c1nc2ccccc2c(=O)[nH]1)C(=O)C(C)(C)C. The topological polar surface area (TPSA) is 95.2 Å². The van der Waals surface area contributed by atoms with Gasteiger partial charge in [0.2, 0.25) is 5.91 Å². The fraction of sp³-hybridized carbons (Fsp3) is 0.444. The summed E-state index contributed by atoms with van der Waals surface area (Å²) < 4.78 is 0. The third kappa shape index (κ3) is 4.65. The predicted octanol–water partition coefficient (Wildman–Crippen LogP) is 1.55. The zero-order chi connectivity index (χ0) is 18.6. The lowest BCUT2D eigenvalue weighted by Gasteiger charge is -2.25. The maximum atomic E-state index is 12.2. The molecule has 134 valence electrons. The van der Waals surface area contributed by atoms with Gasteiger partial charge in [0.25, 0.3) is 11.5 Å². The highest BCUT2D eigenvalue weighted by atomic mass is 16.2. The Morgan fingerprint density at radius 1 is 1.24 bits per heavy atom. The Morgan fingerprint density at radius 3 is 2.60 bits per heavy atom. The van der Waals surface area contributed by atoms with E-state index in [0.29, 0.717) is 30.4 Å². The third-order valence-electron chi connectivity index (χ3n) is 3.77. The number of para-hydroxylation sites is 1. The van der Waals surface area contributed by atoms with Gasteiger partial charge in [0.15, 0.2) is 5.82 Å². The van der Waals surface area contributed by atoms with Crippen molar-refractivity contribution in [3.05, 3.63) is 40.4 Å². The lowest BCUT2D eigenvalue weighted by molar-refractivity contribution is -0.138. The monoisotopic (exact) mass is 344 g/mol. The quantitative estimate of drug-likeness (QED) is 0.805. The minimum absolute atomic E-state index is 0.0113. The summed E-state index contributed by atoms with van der Waals surface area (Å²) in [5.41, 5.74) is -0.287. The normalized spacial score (nSPS) is 11.4. The van der Waals surface area contributed by atoms with Gasteiger partial charge in [-0.05, 0) is 18.6 Å². The number of hydrogen-bond acceptors (Lipinski definition) is 4. The number of hydrogen-bond donors (Lipinski definition) is 2. The van der Waals surface area contributed by atoms with Gasteiger partial charge in [0, 0.05) is 25.6 Å². The van der Waals surface area contributed by atoms with Crippen molar-refractivity contribution in [2.75, 3.05) is 20.1 Å². The van der Waals surface area contributed by atoms with E-state index in [1.807, 2.05) is 20.8 Å². The fourth-order valence-electron chi connectivity index (χ4n) is 2.47. The molecule has 0 spiro atoms. The number of amides is 2. The van der Waals surface area contributed by atoms with Crippen LogP contribution in [0.4, 0.5) is 0 Å². The minimum atomic E-state index is -0.437. The minimum Gasteiger partial charge on any atom is -0.349 e. The fourth-order valence-corrected chi connectivity index (χ4v) is 2.47. The van der Waals surface area contributed by atoms with Gasteiger partial charge in [0.1, 0.15) is 0 Å². The Hall–Kier alpha value is -2.70. The molecule has 0 bridgehead atoms. The third-order valence-corrected chi connectivity index (χ3v) is 3.77. The molecular formula is C18H24N4O3. The number of benzene rings is 1. The number of nitrogens with one attached hydrogen (secondary N) is 2. The van der Waals surface area contributed by atoms with Crippen molar-refractivity contribution in [1.29, 1.82) is 0 Å². The van der Waals surface area contributed by atoms with E-state index in [1.54, 1.807) is 36.2 Å². The second-order valence-corrected chi connectivity index (χ2v) is 7.02. The molecular weight excluding hydrogens is 320 g/mol. The number of nitrogens with zero attached hydrogens (tertiary/aromatic N) is 2. The average Bonchev–Trinajstić information content (AvgIpc) is 2.56. The summed E-state index contributed by atoms with van der Waals surface area (Å²) in [6.07, 6.45) is 0.613. The van der Waals surface area contributed by atoms with E-state index in [0.717, 1.165) is 0 Å². The van der Waals surface area contributed by atoms with Crippen molar-refractivity contribution < 1.29 is 9.59 Å². The molecule has 2 amide bonds. The maximum absolute atomic E-state index is 12.2. The number of aromatic nitrogens is 2. The molecule has 2 rings (SSSR count). The first-order chi connectivity index (χ1) is 11.7. The molecule has 0 atom stereocenters. The number of rotatable bonds is 5. The average molecular weight is 344 g/mol. The van der Waals surface area contributed by atoms with Crippen molar-refractivity contribution in [1.82, 2.24) is 20.2 Å². The van der Waals surface area contributed by atoms with Gasteiger partial charge < -0.3 is 15.2 Å². The van der Waals surface area contributed by atoms with Crippen molar-refractivity contribution in [3.8, 4) is 0 Å². The highest BCUT2D eigenvalue weighted by Crippen LogP contribution is 2.16. The van der Waals surface area contributed by atoms with Gasteiger partial charge >= 0.3 is 0 Å². The van der Waals surface area contributed by atoms with Crippen LogP contribution in [-0.2, 0) is 4.79 Å². The van der Waals surface area contributed by atoms with Crippen LogP contribution in [-0.4, -0.2) is 46.8 Å². The van der Waals surface area contributed by atoms with E-state index in [9.17, 15) is 14.4 Å². The van der Waals surface area contributed by atoms with Crippen molar-refractivity contribution in [2.24, 2.45) is 5.41 Å². The van der Waals surface area contributed by atoms with Gasteiger partial charge in [-0.3, -0.25) is 14.4 Å². The molecule has 0 aliphatic rings. The molecule has 1 aromatic carbocycles. The van der Waals surface area contributed by atoms with Crippen LogP contribution in [0.2, 0.25) is 0 Å². The molecule has 0 unspecified atom stereocenters. The zero-order valence-corrected chi connectivity index (χ0v) is 15.0. The van der Waals surface area contributed by atoms with Crippen LogP contribution in [0.3, 0.4) is 0 Å². The summed E-state index contributed by atoms with van der Waals surface area (Å²) in [5.74, 6) is -0.394. The van der Waals surface area contributed by atoms with Gasteiger partial charge in [-0.2, -0.15) is 0 Å². The second kappa shape index (κ2) is 7.46. The lowest BCUT2D eigenvalue weighted by atomic mass is 9.95. The Labute approximate surface area is 146 Å². The Kier molecular flexibility index (Phi) is 5.56. The van der Waals surface area contributed by atoms with Crippen molar-refractivity contribution in [3.63, 3.8) is 0 Å². The van der Waals surface area contributed by atoms with E-state index >= 15 is 0 Å². The van der Waals surface area contributed by atoms with Gasteiger partial charge in [-0.25, -0.2) is 4.98 Å². The van der Waals surface area contributed by atoms with E-state index in [4.69, 9.17) is 0 Å². The van der Waals surface area contributed by atoms with Gasteiger partial charge in [-0.1, -0.05) is 32.9 Å². The molecule has 7 nitrogen and oxygen atoms in total. The van der Waals surface area contributed by atoms with Crippen LogP contribution in [0.5, 0.6) is 0 Å².